The van der Waals surface area contributed by atoms with Crippen molar-refractivity contribution in [2.24, 2.45) is 0 Å². The molecule has 2 rings (SSSR count). The first kappa shape index (κ1) is 15.0. The molecule has 1 amide bonds. The third kappa shape index (κ3) is 3.39. The molecular formula is C14H21NO5. The van der Waals surface area contributed by atoms with Crippen molar-refractivity contribution in [3.05, 3.63) is 23.2 Å². The summed E-state index contributed by atoms with van der Waals surface area (Å²) in [5.41, 5.74) is 0.00385. The maximum absolute atomic E-state index is 12.1. The Hall–Kier alpha value is -1.37. The minimum Gasteiger partial charge on any atom is -0.466 e. The highest BCUT2D eigenvalue weighted by molar-refractivity contribution is 5.95. The Morgan fingerprint density at radius 3 is 2.90 bits per heavy atom. The molecule has 1 aromatic heterocycles. The molecule has 0 aliphatic carbocycles. The topological polar surface area (TPSA) is 80.9 Å². The summed E-state index contributed by atoms with van der Waals surface area (Å²) >= 11 is 0. The van der Waals surface area contributed by atoms with Crippen LogP contribution in [0.15, 0.2) is 10.5 Å². The van der Waals surface area contributed by atoms with Gasteiger partial charge in [0.25, 0.3) is 5.91 Å². The summed E-state index contributed by atoms with van der Waals surface area (Å²) in [4.78, 5) is 12.1. The molecule has 0 bridgehead atoms. The molecule has 1 saturated heterocycles. The zero-order valence-corrected chi connectivity index (χ0v) is 11.9. The molecule has 1 aliphatic heterocycles. The van der Waals surface area contributed by atoms with Crippen LogP contribution in [0.1, 0.15) is 28.3 Å². The smallest absolute Gasteiger partial charge is 0.254 e. The Bertz CT molecular complexity index is 462. The number of rotatable bonds is 6. The summed E-state index contributed by atoms with van der Waals surface area (Å²) < 4.78 is 16.3. The van der Waals surface area contributed by atoms with E-state index in [1.54, 1.807) is 19.9 Å². The van der Waals surface area contributed by atoms with E-state index < -0.39 is 5.60 Å². The molecule has 2 N–H and O–H groups in total. The molecular weight excluding hydrogens is 262 g/mol. The van der Waals surface area contributed by atoms with Gasteiger partial charge in [-0.25, -0.2) is 0 Å². The van der Waals surface area contributed by atoms with Gasteiger partial charge in [-0.2, -0.15) is 0 Å². The predicted molar refractivity (Wildman–Crippen MR) is 71.7 cm³/mol. The molecule has 0 spiro atoms. The van der Waals surface area contributed by atoms with Gasteiger partial charge < -0.3 is 24.3 Å². The first-order chi connectivity index (χ1) is 9.56. The van der Waals surface area contributed by atoms with Gasteiger partial charge in [0.1, 0.15) is 17.1 Å². The lowest BCUT2D eigenvalue weighted by atomic mass is 10.0. The van der Waals surface area contributed by atoms with E-state index in [2.05, 4.69) is 5.32 Å². The second-order valence-electron chi connectivity index (χ2n) is 5.07. The lowest BCUT2D eigenvalue weighted by Gasteiger charge is -2.27. The molecule has 0 aromatic carbocycles. The molecule has 1 aliphatic rings. The lowest BCUT2D eigenvalue weighted by molar-refractivity contribution is -0.0582. The van der Waals surface area contributed by atoms with Crippen LogP contribution in [0.3, 0.4) is 0 Å². The van der Waals surface area contributed by atoms with Crippen LogP contribution in [0, 0.1) is 13.8 Å². The summed E-state index contributed by atoms with van der Waals surface area (Å²) in [5.74, 6) is 1.13. The number of aliphatic hydroxyl groups is 1. The van der Waals surface area contributed by atoms with Crippen molar-refractivity contribution in [2.75, 3.05) is 33.0 Å². The number of carbonyl (C=O) groups is 1. The summed E-state index contributed by atoms with van der Waals surface area (Å²) in [6.45, 7) is 5.15. The Kier molecular flexibility index (Phi) is 4.80. The number of aryl methyl sites for hydroxylation is 2. The second kappa shape index (κ2) is 6.39. The SMILES string of the molecule is Cc1cc(C(=O)NCC2(OCCO)CCOC2)c(C)o1. The quantitative estimate of drug-likeness (QED) is 0.807. The fourth-order valence-corrected chi connectivity index (χ4v) is 2.35. The van der Waals surface area contributed by atoms with Crippen LogP contribution in [0.25, 0.3) is 0 Å². The van der Waals surface area contributed by atoms with Crippen molar-refractivity contribution in [1.82, 2.24) is 5.32 Å². The number of furan rings is 1. The van der Waals surface area contributed by atoms with Crippen LogP contribution in [0.5, 0.6) is 0 Å². The highest BCUT2D eigenvalue weighted by Gasteiger charge is 2.36. The van der Waals surface area contributed by atoms with E-state index in [4.69, 9.17) is 19.0 Å². The summed E-state index contributed by atoms with van der Waals surface area (Å²) in [6, 6.07) is 1.72. The van der Waals surface area contributed by atoms with Crippen molar-refractivity contribution in [1.29, 1.82) is 0 Å². The van der Waals surface area contributed by atoms with E-state index in [1.807, 2.05) is 0 Å². The Morgan fingerprint density at radius 2 is 2.35 bits per heavy atom. The molecule has 6 heteroatoms. The van der Waals surface area contributed by atoms with Gasteiger partial charge in [0.15, 0.2) is 0 Å². The van der Waals surface area contributed by atoms with Crippen molar-refractivity contribution in [2.45, 2.75) is 25.9 Å². The zero-order valence-electron chi connectivity index (χ0n) is 11.9. The lowest BCUT2D eigenvalue weighted by Crippen LogP contribution is -2.46. The fourth-order valence-electron chi connectivity index (χ4n) is 2.35. The molecule has 20 heavy (non-hydrogen) atoms. The molecule has 1 unspecified atom stereocenters. The number of nitrogens with one attached hydrogen (secondary N) is 1. The van der Waals surface area contributed by atoms with Crippen LogP contribution < -0.4 is 5.32 Å². The average molecular weight is 283 g/mol. The third-order valence-corrected chi connectivity index (χ3v) is 3.42. The first-order valence-corrected chi connectivity index (χ1v) is 6.74. The van der Waals surface area contributed by atoms with E-state index >= 15 is 0 Å². The molecule has 0 saturated carbocycles. The molecule has 112 valence electrons. The van der Waals surface area contributed by atoms with E-state index in [9.17, 15) is 4.79 Å². The van der Waals surface area contributed by atoms with Gasteiger partial charge in [0, 0.05) is 19.6 Å². The minimum absolute atomic E-state index is 0.0459. The molecule has 1 aromatic rings. The zero-order chi connectivity index (χ0) is 14.6. The van der Waals surface area contributed by atoms with Crippen molar-refractivity contribution >= 4 is 5.91 Å². The number of ether oxygens (including phenoxy) is 2. The Labute approximate surface area is 118 Å². The van der Waals surface area contributed by atoms with Crippen LogP contribution in [-0.4, -0.2) is 49.6 Å². The summed E-state index contributed by atoms with van der Waals surface area (Å²) in [7, 11) is 0. The van der Waals surface area contributed by atoms with Crippen LogP contribution in [0.2, 0.25) is 0 Å². The average Bonchev–Trinajstić information content (AvgIpc) is 3.01. The van der Waals surface area contributed by atoms with Crippen LogP contribution in [-0.2, 0) is 9.47 Å². The maximum Gasteiger partial charge on any atom is 0.254 e. The molecule has 2 heterocycles. The Balaban J connectivity index is 1.95. The second-order valence-corrected chi connectivity index (χ2v) is 5.07. The van der Waals surface area contributed by atoms with Crippen LogP contribution in [0.4, 0.5) is 0 Å². The monoisotopic (exact) mass is 283 g/mol. The van der Waals surface area contributed by atoms with E-state index in [1.165, 1.54) is 0 Å². The summed E-state index contributed by atoms with van der Waals surface area (Å²) in [5, 5.41) is 11.7. The van der Waals surface area contributed by atoms with Gasteiger partial charge in [0.05, 0.1) is 25.4 Å². The van der Waals surface area contributed by atoms with Crippen molar-refractivity contribution in [3.63, 3.8) is 0 Å². The third-order valence-electron chi connectivity index (χ3n) is 3.42. The number of hydrogen-bond donors (Lipinski definition) is 2. The molecule has 1 atom stereocenters. The number of aliphatic hydroxyl groups excluding tert-OH is 1. The van der Waals surface area contributed by atoms with Gasteiger partial charge in [-0.3, -0.25) is 4.79 Å². The highest BCUT2D eigenvalue weighted by Crippen LogP contribution is 2.23. The van der Waals surface area contributed by atoms with E-state index in [0.29, 0.717) is 43.3 Å². The Morgan fingerprint density at radius 1 is 1.55 bits per heavy atom. The summed E-state index contributed by atoms with van der Waals surface area (Å²) in [6.07, 6.45) is 0.705. The first-order valence-electron chi connectivity index (χ1n) is 6.74. The van der Waals surface area contributed by atoms with Gasteiger partial charge in [-0.05, 0) is 19.9 Å². The van der Waals surface area contributed by atoms with Gasteiger partial charge in [0.2, 0.25) is 0 Å². The largest absolute Gasteiger partial charge is 0.466 e. The number of amides is 1. The van der Waals surface area contributed by atoms with Crippen LogP contribution >= 0.6 is 0 Å². The normalized spacial score (nSPS) is 22.1. The van der Waals surface area contributed by atoms with E-state index in [0.717, 1.165) is 0 Å². The molecule has 6 nitrogen and oxygen atoms in total. The van der Waals surface area contributed by atoms with Crippen molar-refractivity contribution < 1.29 is 23.8 Å². The predicted octanol–water partition coefficient (Wildman–Crippen LogP) is 0.794. The highest BCUT2D eigenvalue weighted by atomic mass is 16.6. The number of hydrogen-bond acceptors (Lipinski definition) is 5. The fraction of sp³-hybridized carbons (Fsp3) is 0.643. The molecule has 0 radical (unpaired) electrons. The van der Waals surface area contributed by atoms with Gasteiger partial charge in [-0.15, -0.1) is 0 Å². The van der Waals surface area contributed by atoms with Gasteiger partial charge in [-0.1, -0.05) is 0 Å². The van der Waals surface area contributed by atoms with Crippen molar-refractivity contribution in [3.8, 4) is 0 Å². The maximum atomic E-state index is 12.1. The number of carbonyl (C=O) groups excluding carboxylic acids is 1. The standard InChI is InChI=1S/C14H21NO5/c1-10-7-12(11(2)20-10)13(17)15-8-14(19-6-4-16)3-5-18-9-14/h7,16H,3-6,8-9H2,1-2H3,(H,15,17). The van der Waals surface area contributed by atoms with E-state index in [-0.39, 0.29) is 19.1 Å². The van der Waals surface area contributed by atoms with Gasteiger partial charge >= 0.3 is 0 Å². The molecule has 1 fully saturated rings. The minimum atomic E-state index is -0.537.